The number of nitrogens with zero attached hydrogens (tertiary/aromatic N) is 1. The molecule has 1 N–H and O–H groups in total. The van der Waals surface area contributed by atoms with Crippen molar-refractivity contribution in [3.8, 4) is 0 Å². The number of oxazole rings is 1. The maximum absolute atomic E-state index is 11.8. The van der Waals surface area contributed by atoms with Gasteiger partial charge in [0.2, 0.25) is 0 Å². The standard InChI is InChI=1S/C17H12Cl2N2O4S/c18-10-4-3-6-12(16(10)19)20-14(22)8-24-15(23)9-26-17-21-11-5-1-2-7-13(11)25-17/h1-7H,8-9H2,(H,20,22). The second-order valence-electron chi connectivity index (χ2n) is 5.05. The van der Waals surface area contributed by atoms with Crippen LogP contribution in [0.3, 0.4) is 0 Å². The zero-order valence-electron chi connectivity index (χ0n) is 13.2. The van der Waals surface area contributed by atoms with Gasteiger partial charge in [-0.15, -0.1) is 0 Å². The minimum Gasteiger partial charge on any atom is -0.455 e. The SMILES string of the molecule is O=C(COC(=O)CSc1nc2ccccc2o1)Nc1cccc(Cl)c1Cl. The molecule has 0 aliphatic rings. The number of nitrogens with one attached hydrogen (secondary N) is 1. The Morgan fingerprint density at radius 2 is 1.96 bits per heavy atom. The number of carbonyl (C=O) groups is 2. The number of ether oxygens (including phenoxy) is 1. The van der Waals surface area contributed by atoms with E-state index in [0.717, 1.165) is 11.8 Å². The average molecular weight is 411 g/mol. The van der Waals surface area contributed by atoms with Gasteiger partial charge in [0.25, 0.3) is 11.1 Å². The van der Waals surface area contributed by atoms with Gasteiger partial charge >= 0.3 is 5.97 Å². The van der Waals surface area contributed by atoms with Crippen LogP contribution in [0.1, 0.15) is 0 Å². The van der Waals surface area contributed by atoms with Gasteiger partial charge < -0.3 is 14.5 Å². The van der Waals surface area contributed by atoms with Crippen LogP contribution in [-0.4, -0.2) is 29.2 Å². The number of anilines is 1. The lowest BCUT2D eigenvalue weighted by Gasteiger charge is -2.08. The van der Waals surface area contributed by atoms with Gasteiger partial charge in [0.15, 0.2) is 12.2 Å². The van der Waals surface area contributed by atoms with Crippen molar-refractivity contribution in [2.45, 2.75) is 5.22 Å². The molecule has 9 heteroatoms. The van der Waals surface area contributed by atoms with E-state index in [2.05, 4.69) is 10.3 Å². The number of hydrogen-bond acceptors (Lipinski definition) is 6. The number of aromatic nitrogens is 1. The van der Waals surface area contributed by atoms with Crippen molar-refractivity contribution >= 4 is 63.6 Å². The van der Waals surface area contributed by atoms with Crippen LogP contribution in [0.25, 0.3) is 11.1 Å². The Morgan fingerprint density at radius 1 is 1.15 bits per heavy atom. The molecule has 0 fully saturated rings. The molecule has 0 saturated carbocycles. The fourth-order valence-corrected chi connectivity index (χ4v) is 2.99. The Hall–Kier alpha value is -2.22. The summed E-state index contributed by atoms with van der Waals surface area (Å²) in [5.41, 5.74) is 1.70. The van der Waals surface area contributed by atoms with Crippen LogP contribution in [0, 0.1) is 0 Å². The van der Waals surface area contributed by atoms with E-state index in [1.807, 2.05) is 18.2 Å². The number of carbonyl (C=O) groups excluding carboxylic acids is 2. The maximum Gasteiger partial charge on any atom is 0.316 e. The van der Waals surface area contributed by atoms with Crippen molar-refractivity contribution in [2.75, 3.05) is 17.7 Å². The molecule has 0 bridgehead atoms. The molecule has 0 aliphatic heterocycles. The number of fused-ring (bicyclic) bond motifs is 1. The number of halogens is 2. The summed E-state index contributed by atoms with van der Waals surface area (Å²) in [6, 6.07) is 12.1. The van der Waals surface area contributed by atoms with E-state index in [1.54, 1.807) is 24.3 Å². The monoisotopic (exact) mass is 410 g/mol. The highest BCUT2D eigenvalue weighted by Crippen LogP contribution is 2.29. The van der Waals surface area contributed by atoms with Gasteiger partial charge in [-0.2, -0.15) is 0 Å². The van der Waals surface area contributed by atoms with Gasteiger partial charge in [-0.25, -0.2) is 4.98 Å². The molecule has 0 atom stereocenters. The van der Waals surface area contributed by atoms with Crippen LogP contribution < -0.4 is 5.32 Å². The van der Waals surface area contributed by atoms with E-state index in [9.17, 15) is 9.59 Å². The quantitative estimate of drug-likeness (QED) is 0.478. The first-order valence-electron chi connectivity index (χ1n) is 7.41. The predicted octanol–water partition coefficient (Wildman–Crippen LogP) is 4.41. The third-order valence-electron chi connectivity index (χ3n) is 3.18. The van der Waals surface area contributed by atoms with Gasteiger partial charge in [-0.05, 0) is 24.3 Å². The highest BCUT2D eigenvalue weighted by atomic mass is 35.5. The number of amides is 1. The maximum atomic E-state index is 11.8. The average Bonchev–Trinajstić information content (AvgIpc) is 3.05. The van der Waals surface area contributed by atoms with Gasteiger partial charge in [0.05, 0.1) is 15.7 Å². The normalized spacial score (nSPS) is 10.7. The molecule has 134 valence electrons. The minimum atomic E-state index is -0.565. The van der Waals surface area contributed by atoms with Gasteiger partial charge in [0, 0.05) is 0 Å². The Kier molecular flexibility index (Phi) is 6.03. The zero-order chi connectivity index (χ0) is 18.5. The molecule has 26 heavy (non-hydrogen) atoms. The molecule has 3 rings (SSSR count). The van der Waals surface area contributed by atoms with Crippen LogP contribution in [-0.2, 0) is 14.3 Å². The molecule has 1 aromatic heterocycles. The van der Waals surface area contributed by atoms with Crippen molar-refractivity contribution in [1.29, 1.82) is 0 Å². The summed E-state index contributed by atoms with van der Waals surface area (Å²) in [7, 11) is 0. The molecule has 0 spiro atoms. The fraction of sp³-hybridized carbons (Fsp3) is 0.118. The molecular formula is C17H12Cl2N2O4S. The summed E-state index contributed by atoms with van der Waals surface area (Å²) in [5, 5.41) is 3.43. The topological polar surface area (TPSA) is 81.4 Å². The molecule has 0 unspecified atom stereocenters. The highest BCUT2D eigenvalue weighted by Gasteiger charge is 2.13. The number of rotatable bonds is 6. The first kappa shape index (κ1) is 18.6. The molecule has 6 nitrogen and oxygen atoms in total. The van der Waals surface area contributed by atoms with Crippen molar-refractivity contribution in [3.63, 3.8) is 0 Å². The van der Waals surface area contributed by atoms with E-state index >= 15 is 0 Å². The lowest BCUT2D eigenvalue weighted by molar-refractivity contribution is -0.144. The van der Waals surface area contributed by atoms with Gasteiger partial charge in [0.1, 0.15) is 11.3 Å². The van der Waals surface area contributed by atoms with Crippen molar-refractivity contribution in [3.05, 3.63) is 52.5 Å². The predicted molar refractivity (Wildman–Crippen MR) is 101 cm³/mol. The number of benzene rings is 2. The first-order chi connectivity index (χ1) is 12.5. The molecule has 0 radical (unpaired) electrons. The summed E-state index contributed by atoms with van der Waals surface area (Å²) in [6.45, 7) is -0.435. The third kappa shape index (κ3) is 4.69. The molecule has 2 aromatic carbocycles. The third-order valence-corrected chi connectivity index (χ3v) is 4.80. The van der Waals surface area contributed by atoms with Crippen LogP contribution in [0.4, 0.5) is 5.69 Å². The zero-order valence-corrected chi connectivity index (χ0v) is 15.5. The molecule has 3 aromatic rings. The second kappa shape index (κ2) is 8.44. The number of esters is 1. The molecule has 1 heterocycles. The molecule has 0 saturated heterocycles. The largest absolute Gasteiger partial charge is 0.455 e. The number of para-hydroxylation sites is 2. The first-order valence-corrected chi connectivity index (χ1v) is 9.15. The number of hydrogen-bond donors (Lipinski definition) is 1. The van der Waals surface area contributed by atoms with Crippen molar-refractivity contribution < 1.29 is 18.7 Å². The van der Waals surface area contributed by atoms with Crippen LogP contribution >= 0.6 is 35.0 Å². The van der Waals surface area contributed by atoms with Crippen molar-refractivity contribution in [2.24, 2.45) is 0 Å². The highest BCUT2D eigenvalue weighted by molar-refractivity contribution is 7.99. The molecule has 0 aliphatic carbocycles. The Balaban J connectivity index is 1.46. The minimum absolute atomic E-state index is 0.0297. The van der Waals surface area contributed by atoms with E-state index < -0.39 is 18.5 Å². The van der Waals surface area contributed by atoms with Crippen LogP contribution in [0.2, 0.25) is 10.0 Å². The van der Waals surface area contributed by atoms with Crippen molar-refractivity contribution in [1.82, 2.24) is 4.98 Å². The molecular weight excluding hydrogens is 399 g/mol. The number of thioether (sulfide) groups is 1. The van der Waals surface area contributed by atoms with E-state index in [4.69, 9.17) is 32.4 Å². The smallest absolute Gasteiger partial charge is 0.316 e. The van der Waals surface area contributed by atoms with Crippen LogP contribution in [0.15, 0.2) is 52.1 Å². The van der Waals surface area contributed by atoms with E-state index in [1.165, 1.54) is 0 Å². The fourth-order valence-electron chi connectivity index (χ4n) is 2.01. The Bertz CT molecular complexity index is 928. The van der Waals surface area contributed by atoms with E-state index in [-0.39, 0.29) is 10.8 Å². The Morgan fingerprint density at radius 3 is 2.77 bits per heavy atom. The summed E-state index contributed by atoms with van der Waals surface area (Å²) >= 11 is 12.9. The summed E-state index contributed by atoms with van der Waals surface area (Å²) in [5.74, 6) is -1.11. The Labute approximate surface area is 162 Å². The summed E-state index contributed by atoms with van der Waals surface area (Å²) in [6.07, 6.45) is 0. The summed E-state index contributed by atoms with van der Waals surface area (Å²) in [4.78, 5) is 27.8. The van der Waals surface area contributed by atoms with Gasteiger partial charge in [-0.3, -0.25) is 9.59 Å². The second-order valence-corrected chi connectivity index (χ2v) is 6.76. The van der Waals surface area contributed by atoms with Gasteiger partial charge in [-0.1, -0.05) is 53.2 Å². The molecule has 1 amide bonds. The van der Waals surface area contributed by atoms with Crippen LogP contribution in [0.5, 0.6) is 0 Å². The lowest BCUT2D eigenvalue weighted by atomic mass is 10.3. The van der Waals surface area contributed by atoms with E-state index in [0.29, 0.717) is 27.0 Å². The summed E-state index contributed by atoms with van der Waals surface area (Å²) < 4.78 is 10.4. The lowest BCUT2D eigenvalue weighted by Crippen LogP contribution is -2.21.